The van der Waals surface area contributed by atoms with E-state index in [4.69, 9.17) is 11.8 Å². The van der Waals surface area contributed by atoms with Gasteiger partial charge in [-0.15, -0.1) is 10.5 Å². The van der Waals surface area contributed by atoms with Gasteiger partial charge in [0.2, 0.25) is 0 Å². The van der Waals surface area contributed by atoms with Gasteiger partial charge in [-0.1, -0.05) is 0 Å². The summed E-state index contributed by atoms with van der Waals surface area (Å²) in [6, 6.07) is 0. The van der Waals surface area contributed by atoms with E-state index in [1.807, 2.05) is 10.5 Å². The van der Waals surface area contributed by atoms with Crippen LogP contribution in [0.15, 0.2) is 0 Å². The van der Waals surface area contributed by atoms with Crippen LogP contribution in [0.25, 0.3) is 0 Å². The Balaban J connectivity index is 2.19. The van der Waals surface area contributed by atoms with E-state index in [-0.39, 0.29) is 0 Å². The smallest absolute Gasteiger partial charge is 0.00668 e. The van der Waals surface area contributed by atoms with Crippen molar-refractivity contribution in [3.63, 3.8) is 0 Å². The van der Waals surface area contributed by atoms with Gasteiger partial charge in [-0.05, 0) is 11.8 Å². The number of hydrazine groups is 1. The van der Waals surface area contributed by atoms with Gasteiger partial charge >= 0.3 is 0 Å². The molecule has 0 aliphatic heterocycles. The van der Waals surface area contributed by atoms with Crippen molar-refractivity contribution in [2.75, 3.05) is 0 Å². The van der Waals surface area contributed by atoms with E-state index in [1.165, 1.54) is 0 Å². The van der Waals surface area contributed by atoms with Crippen molar-refractivity contribution < 1.29 is 4.94 Å². The van der Waals surface area contributed by atoms with Crippen LogP contribution in [0, 0.1) is 0 Å². The molecule has 0 bridgehead atoms. The van der Waals surface area contributed by atoms with Crippen molar-refractivity contribution >= 4 is 11.8 Å². The Labute approximate surface area is 34.2 Å². The molecule has 0 aliphatic rings. The minimum absolute atomic E-state index is 1.89. The molecule has 0 amide bonds. The SMILES string of the molecule is NONNCl. The Bertz CT molecular complexity index is 14.4. The molecule has 4 nitrogen and oxygen atoms in total. The number of nitrogens with one attached hydrogen (secondary N) is 2. The summed E-state index contributed by atoms with van der Waals surface area (Å²) in [5, 5.41) is 0. The summed E-state index contributed by atoms with van der Waals surface area (Å²) in [6.45, 7) is 0. The number of halogens is 1. The second kappa shape index (κ2) is 4.13. The molecule has 5 heavy (non-hydrogen) atoms. The molecule has 0 aromatic heterocycles. The zero-order valence-corrected chi connectivity index (χ0v) is 3.12. The standard InChI is InChI=1S/ClH4N3O/c1-3-4-5-2/h3-4H,2H2. The second-order valence-electron chi connectivity index (χ2n) is 0.314. The Morgan fingerprint density at radius 2 is 2.40 bits per heavy atom. The third-order valence-electron chi connectivity index (χ3n) is 0.0975. The molecule has 0 fully saturated rings. The average Bonchev–Trinajstić information content (AvgIpc) is 1.41. The largest absolute Gasteiger partial charge is 0.201 e. The summed E-state index contributed by atoms with van der Waals surface area (Å²) >= 11 is 4.74. The minimum Gasteiger partial charge on any atom is -0.201 e. The first-order chi connectivity index (χ1) is 2.41. The lowest BCUT2D eigenvalue weighted by Gasteiger charge is -1.87. The van der Waals surface area contributed by atoms with E-state index in [2.05, 4.69) is 10.8 Å². The van der Waals surface area contributed by atoms with Crippen LogP contribution in [-0.2, 0) is 4.94 Å². The van der Waals surface area contributed by atoms with E-state index in [1.54, 1.807) is 0 Å². The third-order valence-corrected chi connectivity index (χ3v) is 0.175. The zero-order chi connectivity index (χ0) is 4.12. The number of rotatable bonds is 2. The first-order valence-electron chi connectivity index (χ1n) is 0.879. The molecule has 5 heteroatoms. The maximum absolute atomic E-state index is 4.74. The predicted octanol–water partition coefficient (Wildman–Crippen LogP) is -0.960. The van der Waals surface area contributed by atoms with E-state index in [0.29, 0.717) is 0 Å². The van der Waals surface area contributed by atoms with E-state index in [9.17, 15) is 0 Å². The lowest BCUT2D eigenvalue weighted by Crippen LogP contribution is -2.26. The van der Waals surface area contributed by atoms with Gasteiger partial charge < -0.3 is 0 Å². The Kier molecular flexibility index (Phi) is 4.24. The zero-order valence-electron chi connectivity index (χ0n) is 2.36. The molecular weight excluding hydrogens is 93.5 g/mol. The van der Waals surface area contributed by atoms with Crippen molar-refractivity contribution in [3.8, 4) is 0 Å². The van der Waals surface area contributed by atoms with Gasteiger partial charge in [0.05, 0.1) is 0 Å². The highest BCUT2D eigenvalue weighted by atomic mass is 35.5. The summed E-state index contributed by atoms with van der Waals surface area (Å²) in [5.41, 5.74) is 1.90. The molecular formula is H4ClN3O. The molecule has 0 saturated heterocycles. The van der Waals surface area contributed by atoms with Gasteiger partial charge in [0.15, 0.2) is 0 Å². The first kappa shape index (κ1) is 5.13. The van der Waals surface area contributed by atoms with Crippen LogP contribution in [-0.4, -0.2) is 0 Å². The fraction of sp³-hybridized carbons (Fsp3) is 0. The molecule has 0 rings (SSSR count). The summed E-state index contributed by atoms with van der Waals surface area (Å²) in [5.74, 6) is 4.38. The van der Waals surface area contributed by atoms with Crippen LogP contribution in [0.2, 0.25) is 0 Å². The molecule has 0 heterocycles. The highest BCUT2D eigenvalue weighted by Gasteiger charge is 1.60. The average molecular weight is 97.5 g/mol. The van der Waals surface area contributed by atoms with E-state index < -0.39 is 0 Å². The van der Waals surface area contributed by atoms with Gasteiger partial charge in [-0.25, -0.2) is 4.94 Å². The summed E-state index contributed by atoms with van der Waals surface area (Å²) in [4.78, 5) is 5.59. The molecule has 4 N–H and O–H groups in total. The van der Waals surface area contributed by atoms with Gasteiger partial charge in [0, 0.05) is 0 Å². The first-order valence-corrected chi connectivity index (χ1v) is 1.26. The number of nitrogens with two attached hydrogens (primary N) is 1. The molecule has 0 aliphatic carbocycles. The molecule has 0 aromatic rings. The topological polar surface area (TPSA) is 59.3 Å². The fourth-order valence-electron chi connectivity index (χ4n) is 0.0223. The highest BCUT2D eigenvalue weighted by Crippen LogP contribution is 1.44. The Hall–Kier alpha value is 0.130. The minimum atomic E-state index is 1.89. The fourth-order valence-corrected chi connectivity index (χ4v) is 0.0668. The van der Waals surface area contributed by atoms with Gasteiger partial charge in [-0.2, -0.15) is 5.90 Å². The summed E-state index contributed by atoms with van der Waals surface area (Å²) in [6.07, 6.45) is 0. The lowest BCUT2D eigenvalue weighted by atomic mass is 12.8. The quantitative estimate of drug-likeness (QED) is 0.307. The maximum atomic E-state index is 4.74. The van der Waals surface area contributed by atoms with Crippen LogP contribution in [0.5, 0.6) is 0 Å². The summed E-state index contributed by atoms with van der Waals surface area (Å²) < 4.78 is 0. The molecule has 32 valence electrons. The normalized spacial score (nSPS) is 8.40. The van der Waals surface area contributed by atoms with Crippen molar-refractivity contribution in [2.24, 2.45) is 5.90 Å². The van der Waals surface area contributed by atoms with E-state index in [0.717, 1.165) is 0 Å². The number of hydrogen-bond donors (Lipinski definition) is 3. The molecule has 0 saturated carbocycles. The van der Waals surface area contributed by atoms with Gasteiger partial charge in [0.25, 0.3) is 0 Å². The van der Waals surface area contributed by atoms with Crippen LogP contribution in [0.1, 0.15) is 0 Å². The van der Waals surface area contributed by atoms with Crippen molar-refractivity contribution in [1.82, 2.24) is 10.5 Å². The Morgan fingerprint density at radius 1 is 1.80 bits per heavy atom. The third kappa shape index (κ3) is 4.13. The Morgan fingerprint density at radius 3 is 2.40 bits per heavy atom. The van der Waals surface area contributed by atoms with Crippen LogP contribution < -0.4 is 16.4 Å². The van der Waals surface area contributed by atoms with E-state index >= 15 is 0 Å². The van der Waals surface area contributed by atoms with Crippen molar-refractivity contribution in [1.29, 1.82) is 0 Å². The lowest BCUT2D eigenvalue weighted by molar-refractivity contribution is 0.0279. The van der Waals surface area contributed by atoms with Crippen molar-refractivity contribution in [3.05, 3.63) is 0 Å². The molecule has 0 unspecified atom stereocenters. The van der Waals surface area contributed by atoms with Crippen LogP contribution in [0.3, 0.4) is 0 Å². The monoisotopic (exact) mass is 97.0 g/mol. The molecule has 0 radical (unpaired) electrons. The molecule has 0 atom stereocenters. The molecule has 0 aromatic carbocycles. The van der Waals surface area contributed by atoms with Gasteiger partial charge in [0.1, 0.15) is 0 Å². The summed E-state index contributed by atoms with van der Waals surface area (Å²) in [7, 11) is 0. The van der Waals surface area contributed by atoms with Gasteiger partial charge in [-0.3, -0.25) is 0 Å². The number of hydrogen-bond acceptors (Lipinski definition) is 4. The van der Waals surface area contributed by atoms with Crippen LogP contribution in [0.4, 0.5) is 0 Å². The van der Waals surface area contributed by atoms with Crippen molar-refractivity contribution in [2.45, 2.75) is 0 Å². The van der Waals surface area contributed by atoms with Crippen LogP contribution >= 0.6 is 11.8 Å². The predicted molar refractivity (Wildman–Crippen MR) is 17.4 cm³/mol. The highest BCUT2D eigenvalue weighted by molar-refractivity contribution is 6.12. The maximum Gasteiger partial charge on any atom is -0.00668 e. The molecule has 0 spiro atoms. The second-order valence-corrected chi connectivity index (χ2v) is 0.503.